The predicted molar refractivity (Wildman–Crippen MR) is 106 cm³/mol. The minimum absolute atomic E-state index is 0.0133. The summed E-state index contributed by atoms with van der Waals surface area (Å²) in [5.41, 5.74) is 1.04. The van der Waals surface area contributed by atoms with E-state index in [2.05, 4.69) is 31.2 Å². The van der Waals surface area contributed by atoms with E-state index in [1.165, 1.54) is 4.70 Å². The van der Waals surface area contributed by atoms with Gasteiger partial charge in [-0.25, -0.2) is 9.97 Å². The molecule has 2 atom stereocenters. The predicted octanol–water partition coefficient (Wildman–Crippen LogP) is 3.22. The summed E-state index contributed by atoms with van der Waals surface area (Å²) in [4.78, 5) is 26.2. The highest BCUT2D eigenvalue weighted by atomic mass is 32.1. The Kier molecular flexibility index (Phi) is 4.52. The van der Waals surface area contributed by atoms with E-state index in [0.29, 0.717) is 12.3 Å². The lowest BCUT2D eigenvalue weighted by molar-refractivity contribution is -0.133. The molecule has 0 aliphatic carbocycles. The zero-order chi connectivity index (χ0) is 18.3. The van der Waals surface area contributed by atoms with Crippen LogP contribution in [0.15, 0.2) is 17.8 Å². The molecule has 3 aliphatic heterocycles. The Morgan fingerprint density at radius 2 is 2.19 bits per heavy atom. The normalized spacial score (nSPS) is 29.2. The number of nitrogens with zero attached hydrogens (tertiary/aromatic N) is 4. The van der Waals surface area contributed by atoms with Crippen molar-refractivity contribution in [3.05, 3.63) is 17.8 Å². The molecule has 2 aromatic heterocycles. The first-order valence-electron chi connectivity index (χ1n) is 10.1. The van der Waals surface area contributed by atoms with E-state index < -0.39 is 0 Å². The molecule has 3 saturated heterocycles. The van der Waals surface area contributed by atoms with Crippen molar-refractivity contribution in [3.8, 4) is 0 Å². The maximum Gasteiger partial charge on any atom is 0.223 e. The Hall–Kier alpha value is -1.73. The van der Waals surface area contributed by atoms with Crippen molar-refractivity contribution >= 4 is 33.3 Å². The Labute approximate surface area is 163 Å². The highest BCUT2D eigenvalue weighted by Crippen LogP contribution is 2.41. The number of thiophene rings is 1. The van der Waals surface area contributed by atoms with Gasteiger partial charge in [-0.05, 0) is 50.0 Å². The third-order valence-electron chi connectivity index (χ3n) is 6.53. The molecule has 7 heteroatoms. The summed E-state index contributed by atoms with van der Waals surface area (Å²) in [6.07, 6.45) is 8.99. The number of ether oxygens (including phenoxy) is 1. The fraction of sp³-hybridized carbons (Fsp3) is 0.650. The lowest BCUT2D eigenvalue weighted by atomic mass is 9.87. The van der Waals surface area contributed by atoms with Gasteiger partial charge in [0.05, 0.1) is 16.3 Å². The van der Waals surface area contributed by atoms with Gasteiger partial charge in [-0.15, -0.1) is 11.3 Å². The Balaban J connectivity index is 1.36. The number of fused-ring (bicyclic) bond motifs is 1. The van der Waals surface area contributed by atoms with Crippen molar-refractivity contribution < 1.29 is 9.53 Å². The Morgan fingerprint density at radius 1 is 1.22 bits per heavy atom. The van der Waals surface area contributed by atoms with Crippen LogP contribution in [0.4, 0.5) is 5.82 Å². The van der Waals surface area contributed by atoms with Gasteiger partial charge in [0.2, 0.25) is 5.91 Å². The van der Waals surface area contributed by atoms with Crippen molar-refractivity contribution in [3.63, 3.8) is 0 Å². The van der Waals surface area contributed by atoms with E-state index in [0.717, 1.165) is 76.1 Å². The summed E-state index contributed by atoms with van der Waals surface area (Å²) in [5, 5.41) is 2.08. The fourth-order valence-corrected chi connectivity index (χ4v) is 5.93. The third-order valence-corrected chi connectivity index (χ3v) is 7.43. The summed E-state index contributed by atoms with van der Waals surface area (Å²) in [6, 6.07) is 2.06. The molecular weight excluding hydrogens is 360 g/mol. The number of aromatic nitrogens is 2. The quantitative estimate of drug-likeness (QED) is 0.811. The topological polar surface area (TPSA) is 58.6 Å². The number of hydrogen-bond acceptors (Lipinski definition) is 6. The molecule has 2 unspecified atom stereocenters. The molecule has 3 aliphatic rings. The van der Waals surface area contributed by atoms with Gasteiger partial charge in [0, 0.05) is 38.2 Å². The lowest BCUT2D eigenvalue weighted by Gasteiger charge is -2.39. The van der Waals surface area contributed by atoms with Crippen LogP contribution in [0.25, 0.3) is 10.2 Å². The zero-order valence-corrected chi connectivity index (χ0v) is 16.4. The molecule has 2 aromatic rings. The largest absolute Gasteiger partial charge is 0.376 e. The van der Waals surface area contributed by atoms with Gasteiger partial charge in [-0.2, -0.15) is 0 Å². The van der Waals surface area contributed by atoms with Crippen LogP contribution in [0.3, 0.4) is 0 Å². The number of likely N-dealkylation sites (tertiary alicyclic amines) is 1. The van der Waals surface area contributed by atoms with Crippen LogP contribution < -0.4 is 4.90 Å². The van der Waals surface area contributed by atoms with E-state index in [-0.39, 0.29) is 11.6 Å². The van der Waals surface area contributed by atoms with Crippen LogP contribution in [0.5, 0.6) is 0 Å². The number of carbonyl (C=O) groups excluding carboxylic acids is 1. The summed E-state index contributed by atoms with van der Waals surface area (Å²) in [7, 11) is 0. The van der Waals surface area contributed by atoms with Crippen LogP contribution in [-0.2, 0) is 9.53 Å². The van der Waals surface area contributed by atoms with E-state index in [9.17, 15) is 4.79 Å². The second-order valence-electron chi connectivity index (χ2n) is 8.04. The van der Waals surface area contributed by atoms with E-state index in [1.54, 1.807) is 17.7 Å². The van der Waals surface area contributed by atoms with Crippen molar-refractivity contribution in [2.45, 2.75) is 56.6 Å². The molecule has 144 valence electrons. The molecule has 27 heavy (non-hydrogen) atoms. The van der Waals surface area contributed by atoms with Crippen LogP contribution in [-0.4, -0.2) is 58.7 Å². The molecule has 0 radical (unpaired) electrons. The first kappa shape index (κ1) is 17.4. The van der Waals surface area contributed by atoms with Gasteiger partial charge in [-0.3, -0.25) is 4.79 Å². The molecule has 6 nitrogen and oxygen atoms in total. The van der Waals surface area contributed by atoms with Crippen LogP contribution in [0.1, 0.15) is 44.9 Å². The fourth-order valence-electron chi connectivity index (χ4n) is 5.07. The van der Waals surface area contributed by atoms with Crippen molar-refractivity contribution in [2.75, 3.05) is 31.1 Å². The molecule has 0 N–H and O–H groups in total. The molecule has 0 saturated carbocycles. The molecule has 1 amide bonds. The zero-order valence-electron chi connectivity index (χ0n) is 15.6. The molecule has 1 spiro atoms. The van der Waals surface area contributed by atoms with Gasteiger partial charge >= 0.3 is 0 Å². The smallest absolute Gasteiger partial charge is 0.223 e. The second kappa shape index (κ2) is 7.02. The van der Waals surface area contributed by atoms with E-state index >= 15 is 0 Å². The van der Waals surface area contributed by atoms with Crippen molar-refractivity contribution in [1.29, 1.82) is 0 Å². The third kappa shape index (κ3) is 3.10. The SMILES string of the molecule is O=C1CCC2(CCCN(c3ncnc4ccsc34)CC2)N1CC1CCCO1. The molecule has 0 bridgehead atoms. The summed E-state index contributed by atoms with van der Waals surface area (Å²) >= 11 is 1.71. The molecule has 5 rings (SSSR count). The first-order valence-corrected chi connectivity index (χ1v) is 11.0. The summed E-state index contributed by atoms with van der Waals surface area (Å²) < 4.78 is 7.01. The standard InChI is InChI=1S/C20H26N4O2S/c25-17-4-7-20(24(17)13-15-3-1-11-26-15)6-2-9-23(10-8-20)19-18-16(5-12-27-18)21-14-22-19/h5,12,14-15H,1-4,6-11,13H2. The van der Waals surface area contributed by atoms with Gasteiger partial charge in [0.25, 0.3) is 0 Å². The van der Waals surface area contributed by atoms with E-state index in [4.69, 9.17) is 4.74 Å². The maximum absolute atomic E-state index is 12.7. The highest BCUT2D eigenvalue weighted by molar-refractivity contribution is 7.17. The minimum atomic E-state index is 0.0133. The number of anilines is 1. The Morgan fingerprint density at radius 3 is 3.07 bits per heavy atom. The average Bonchev–Trinajstić information content (AvgIpc) is 3.39. The molecular formula is C20H26N4O2S. The number of rotatable bonds is 3. The van der Waals surface area contributed by atoms with Crippen molar-refractivity contribution in [1.82, 2.24) is 14.9 Å². The average molecular weight is 387 g/mol. The van der Waals surface area contributed by atoms with Crippen LogP contribution >= 0.6 is 11.3 Å². The molecule has 5 heterocycles. The van der Waals surface area contributed by atoms with Gasteiger partial charge in [-0.1, -0.05) is 0 Å². The monoisotopic (exact) mass is 386 g/mol. The maximum atomic E-state index is 12.7. The van der Waals surface area contributed by atoms with Crippen LogP contribution in [0.2, 0.25) is 0 Å². The minimum Gasteiger partial charge on any atom is -0.376 e. The van der Waals surface area contributed by atoms with Crippen molar-refractivity contribution in [2.24, 2.45) is 0 Å². The number of carbonyl (C=O) groups is 1. The first-order chi connectivity index (χ1) is 13.3. The molecule has 0 aromatic carbocycles. The van der Waals surface area contributed by atoms with Crippen LogP contribution in [0, 0.1) is 0 Å². The van der Waals surface area contributed by atoms with Gasteiger partial charge < -0.3 is 14.5 Å². The second-order valence-corrected chi connectivity index (χ2v) is 8.95. The van der Waals surface area contributed by atoms with Gasteiger partial charge in [0.15, 0.2) is 0 Å². The summed E-state index contributed by atoms with van der Waals surface area (Å²) in [5.74, 6) is 1.38. The number of amides is 1. The highest BCUT2D eigenvalue weighted by Gasteiger charge is 2.46. The van der Waals surface area contributed by atoms with Gasteiger partial charge in [0.1, 0.15) is 12.1 Å². The van der Waals surface area contributed by atoms with E-state index in [1.807, 2.05) is 0 Å². The number of hydrogen-bond donors (Lipinski definition) is 0. The summed E-state index contributed by atoms with van der Waals surface area (Å²) in [6.45, 7) is 3.56. The lowest BCUT2D eigenvalue weighted by Crippen LogP contribution is -2.49. The Bertz CT molecular complexity index is 834. The molecule has 3 fully saturated rings.